The van der Waals surface area contributed by atoms with Gasteiger partial charge in [0.2, 0.25) is 0 Å². The molecule has 0 atom stereocenters. The summed E-state index contributed by atoms with van der Waals surface area (Å²) in [6, 6.07) is 7.67. The molecule has 0 saturated heterocycles. The Bertz CT molecular complexity index is 839. The van der Waals surface area contributed by atoms with Crippen molar-refractivity contribution in [3.63, 3.8) is 0 Å². The Labute approximate surface area is 143 Å². The fourth-order valence-corrected chi connectivity index (χ4v) is 3.01. The molecule has 3 rings (SSSR count). The lowest BCUT2D eigenvalue weighted by atomic mass is 10.3. The molecule has 23 heavy (non-hydrogen) atoms. The number of aromatic nitrogens is 2. The largest absolute Gasteiger partial charge is 0.421 e. The van der Waals surface area contributed by atoms with Crippen molar-refractivity contribution in [1.29, 1.82) is 0 Å². The van der Waals surface area contributed by atoms with Crippen LogP contribution in [-0.2, 0) is 0 Å². The smallest absolute Gasteiger partial charge is 0.322 e. The van der Waals surface area contributed by atoms with Crippen molar-refractivity contribution in [2.24, 2.45) is 0 Å². The van der Waals surface area contributed by atoms with Crippen molar-refractivity contribution in [2.75, 3.05) is 5.32 Å². The summed E-state index contributed by atoms with van der Waals surface area (Å²) in [6.07, 6.45) is 2.79. The Balaban J connectivity index is 1.67. The topological polar surface area (TPSA) is 64.1 Å². The standard InChI is InChI=1S/C15H9BrFN3O2S/c16-9-5-13(23-8-9)14(21)20-10-6-18-15(19-7-10)22-12-4-2-1-3-11(12)17/h1-8H,(H,20,21). The number of halogens is 2. The number of nitrogens with one attached hydrogen (secondary N) is 1. The van der Waals surface area contributed by atoms with Crippen molar-refractivity contribution in [3.8, 4) is 11.8 Å². The highest BCUT2D eigenvalue weighted by atomic mass is 79.9. The fraction of sp³-hybridized carbons (Fsp3) is 0. The molecule has 0 spiro atoms. The first-order valence-electron chi connectivity index (χ1n) is 6.41. The maximum Gasteiger partial charge on any atom is 0.322 e. The molecule has 2 heterocycles. The van der Waals surface area contributed by atoms with Crippen molar-refractivity contribution in [2.45, 2.75) is 0 Å². The van der Waals surface area contributed by atoms with Crippen LogP contribution in [0.1, 0.15) is 9.67 Å². The molecule has 1 N–H and O–H groups in total. The Hall–Kier alpha value is -2.32. The van der Waals surface area contributed by atoms with Gasteiger partial charge in [-0.1, -0.05) is 12.1 Å². The van der Waals surface area contributed by atoms with E-state index in [0.717, 1.165) is 4.47 Å². The molecule has 0 aliphatic carbocycles. The van der Waals surface area contributed by atoms with Crippen molar-refractivity contribution < 1.29 is 13.9 Å². The summed E-state index contributed by atoms with van der Waals surface area (Å²) in [5.74, 6) is -0.725. The zero-order chi connectivity index (χ0) is 16.2. The lowest BCUT2D eigenvalue weighted by Gasteiger charge is -2.06. The number of nitrogens with zero attached hydrogens (tertiary/aromatic N) is 2. The zero-order valence-corrected chi connectivity index (χ0v) is 13.9. The molecule has 0 bridgehead atoms. The molecular weight excluding hydrogens is 385 g/mol. The second-order valence-corrected chi connectivity index (χ2v) is 6.20. The van der Waals surface area contributed by atoms with E-state index in [1.54, 1.807) is 18.2 Å². The van der Waals surface area contributed by atoms with Crippen LogP contribution in [0.25, 0.3) is 0 Å². The van der Waals surface area contributed by atoms with Crippen LogP contribution in [0.3, 0.4) is 0 Å². The average molecular weight is 394 g/mol. The van der Waals surface area contributed by atoms with Crippen LogP contribution >= 0.6 is 27.3 Å². The van der Waals surface area contributed by atoms with Gasteiger partial charge in [0.25, 0.3) is 5.91 Å². The first kappa shape index (κ1) is 15.6. The van der Waals surface area contributed by atoms with E-state index in [0.29, 0.717) is 10.6 Å². The number of ether oxygens (including phenoxy) is 1. The molecule has 0 radical (unpaired) electrons. The van der Waals surface area contributed by atoms with Gasteiger partial charge in [0.05, 0.1) is 23.0 Å². The third-order valence-electron chi connectivity index (χ3n) is 2.72. The van der Waals surface area contributed by atoms with Crippen molar-refractivity contribution in [1.82, 2.24) is 9.97 Å². The fourth-order valence-electron chi connectivity index (χ4n) is 1.68. The molecule has 0 saturated carbocycles. The van der Waals surface area contributed by atoms with E-state index in [1.807, 2.05) is 5.38 Å². The number of thiophene rings is 1. The van der Waals surface area contributed by atoms with Gasteiger partial charge in [0, 0.05) is 9.85 Å². The minimum absolute atomic E-state index is 0.00744. The number of rotatable bonds is 4. The second kappa shape index (κ2) is 6.84. The predicted octanol–water partition coefficient (Wildman–Crippen LogP) is 4.48. The Morgan fingerprint density at radius 2 is 2.00 bits per heavy atom. The number of hydrogen-bond acceptors (Lipinski definition) is 5. The number of para-hydroxylation sites is 1. The molecule has 1 amide bonds. The minimum atomic E-state index is -0.503. The number of amides is 1. The number of anilines is 1. The van der Waals surface area contributed by atoms with E-state index in [-0.39, 0.29) is 17.7 Å². The summed E-state index contributed by atoms with van der Waals surface area (Å²) in [4.78, 5) is 20.4. The normalized spacial score (nSPS) is 10.3. The van der Waals surface area contributed by atoms with Gasteiger partial charge in [-0.05, 0) is 34.1 Å². The van der Waals surface area contributed by atoms with Crippen molar-refractivity contribution >= 4 is 38.9 Å². The van der Waals surface area contributed by atoms with Gasteiger partial charge in [-0.2, -0.15) is 0 Å². The van der Waals surface area contributed by atoms with E-state index in [1.165, 1.54) is 35.9 Å². The van der Waals surface area contributed by atoms with Gasteiger partial charge < -0.3 is 10.1 Å². The molecule has 5 nitrogen and oxygen atoms in total. The molecule has 0 unspecified atom stereocenters. The van der Waals surface area contributed by atoms with Crippen LogP contribution in [0.2, 0.25) is 0 Å². The van der Waals surface area contributed by atoms with Gasteiger partial charge in [0.1, 0.15) is 0 Å². The molecule has 0 aliphatic rings. The summed E-state index contributed by atoms with van der Waals surface area (Å²) in [6.45, 7) is 0. The SMILES string of the molecule is O=C(Nc1cnc(Oc2ccccc2F)nc1)c1cc(Br)cs1. The highest BCUT2D eigenvalue weighted by molar-refractivity contribution is 9.10. The highest BCUT2D eigenvalue weighted by Gasteiger charge is 2.10. The average Bonchev–Trinajstić information content (AvgIpc) is 2.98. The molecule has 8 heteroatoms. The van der Waals surface area contributed by atoms with Gasteiger partial charge in [-0.25, -0.2) is 14.4 Å². The molecule has 116 valence electrons. The number of carbonyl (C=O) groups excluding carboxylic acids is 1. The first-order valence-corrected chi connectivity index (χ1v) is 8.09. The van der Waals surface area contributed by atoms with Crippen LogP contribution in [0.4, 0.5) is 10.1 Å². The summed E-state index contributed by atoms with van der Waals surface area (Å²) in [7, 11) is 0. The Morgan fingerprint density at radius 3 is 2.65 bits per heavy atom. The Morgan fingerprint density at radius 1 is 1.26 bits per heavy atom. The summed E-state index contributed by atoms with van der Waals surface area (Å²) in [5, 5.41) is 4.49. The third kappa shape index (κ3) is 3.91. The quantitative estimate of drug-likeness (QED) is 0.709. The predicted molar refractivity (Wildman–Crippen MR) is 88.5 cm³/mol. The van der Waals surface area contributed by atoms with E-state index in [9.17, 15) is 9.18 Å². The van der Waals surface area contributed by atoms with Crippen molar-refractivity contribution in [3.05, 3.63) is 63.3 Å². The molecule has 3 aromatic rings. The van der Waals surface area contributed by atoms with Gasteiger partial charge in [-0.3, -0.25) is 4.79 Å². The third-order valence-corrected chi connectivity index (χ3v) is 4.41. The number of carbonyl (C=O) groups is 1. The van der Waals surface area contributed by atoms with Crippen LogP contribution < -0.4 is 10.1 Å². The van der Waals surface area contributed by atoms with Gasteiger partial charge >= 0.3 is 6.01 Å². The summed E-state index contributed by atoms with van der Waals surface area (Å²) >= 11 is 4.61. The van der Waals surface area contributed by atoms with Crippen LogP contribution in [0.5, 0.6) is 11.8 Å². The molecule has 0 aliphatic heterocycles. The first-order chi connectivity index (χ1) is 11.1. The minimum Gasteiger partial charge on any atom is -0.421 e. The second-order valence-electron chi connectivity index (χ2n) is 4.37. The van der Waals surface area contributed by atoms with Crippen LogP contribution in [-0.4, -0.2) is 15.9 Å². The number of hydrogen-bond donors (Lipinski definition) is 1. The molecule has 0 fully saturated rings. The molecule has 2 aromatic heterocycles. The zero-order valence-electron chi connectivity index (χ0n) is 11.5. The van der Waals surface area contributed by atoms with Crippen LogP contribution in [0.15, 0.2) is 52.6 Å². The summed E-state index contributed by atoms with van der Waals surface area (Å²) < 4.78 is 19.6. The lowest BCUT2D eigenvalue weighted by Crippen LogP contribution is -2.10. The maximum atomic E-state index is 13.5. The monoisotopic (exact) mass is 393 g/mol. The lowest BCUT2D eigenvalue weighted by molar-refractivity contribution is 0.103. The Kier molecular flexibility index (Phi) is 4.63. The van der Waals surface area contributed by atoms with Gasteiger partial charge in [-0.15, -0.1) is 11.3 Å². The molecular formula is C15H9BrFN3O2S. The van der Waals surface area contributed by atoms with E-state index in [4.69, 9.17) is 4.74 Å². The number of benzene rings is 1. The van der Waals surface area contributed by atoms with Gasteiger partial charge in [0.15, 0.2) is 11.6 Å². The maximum absolute atomic E-state index is 13.5. The van der Waals surface area contributed by atoms with E-state index < -0.39 is 5.82 Å². The van der Waals surface area contributed by atoms with E-state index >= 15 is 0 Å². The highest BCUT2D eigenvalue weighted by Crippen LogP contribution is 2.22. The van der Waals surface area contributed by atoms with Crippen LogP contribution in [0, 0.1) is 5.82 Å². The summed E-state index contributed by atoms with van der Waals surface area (Å²) in [5.41, 5.74) is 0.417. The van der Waals surface area contributed by atoms with E-state index in [2.05, 4.69) is 31.2 Å². The molecule has 1 aromatic carbocycles.